The molecule has 1 fully saturated rings. The minimum Gasteiger partial charge on any atom is -0.381 e. The molecule has 0 bridgehead atoms. The van der Waals surface area contributed by atoms with E-state index in [2.05, 4.69) is 15.3 Å². The number of aromatic nitrogens is 2. The highest BCUT2D eigenvalue weighted by Crippen LogP contribution is 2.27. The summed E-state index contributed by atoms with van der Waals surface area (Å²) in [5, 5.41) is 4.01. The van der Waals surface area contributed by atoms with Gasteiger partial charge in [-0.2, -0.15) is 11.8 Å². The quantitative estimate of drug-likeness (QED) is 0.888. The molecule has 2 aromatic rings. The predicted octanol–water partition coefficient (Wildman–Crippen LogP) is 2.52. The first kappa shape index (κ1) is 11.6. The van der Waals surface area contributed by atoms with Crippen molar-refractivity contribution in [2.45, 2.75) is 18.1 Å². The Bertz CT molecular complexity index is 552. The number of rotatable bonds is 3. The zero-order valence-electron chi connectivity index (χ0n) is 10.1. The van der Waals surface area contributed by atoms with Gasteiger partial charge in [0.1, 0.15) is 0 Å². The molecule has 1 saturated heterocycles. The summed E-state index contributed by atoms with van der Waals surface area (Å²) in [6.45, 7) is 0.919. The topological polar surface area (TPSA) is 63.8 Å². The Morgan fingerprint density at radius 1 is 1.28 bits per heavy atom. The van der Waals surface area contributed by atoms with E-state index in [0.717, 1.165) is 17.6 Å². The fourth-order valence-corrected chi connectivity index (χ4v) is 3.36. The summed E-state index contributed by atoms with van der Waals surface area (Å²) in [4.78, 5) is 8.89. The Hall–Kier alpha value is -1.49. The molecule has 5 heteroatoms. The highest BCUT2D eigenvalue weighted by atomic mass is 32.2. The van der Waals surface area contributed by atoms with Gasteiger partial charge in [-0.1, -0.05) is 12.1 Å². The van der Waals surface area contributed by atoms with Gasteiger partial charge in [0, 0.05) is 11.8 Å². The molecule has 0 spiro atoms. The standard InChI is InChI=1S/C13H16N4S/c14-12-13(15-8-9-4-3-7-18-9)17-11-6-2-1-5-10(11)16-12/h1-2,5-6,9H,3-4,7-8H2,(H2,14,16)(H,15,17). The highest BCUT2D eigenvalue weighted by Gasteiger charge is 2.16. The van der Waals surface area contributed by atoms with Gasteiger partial charge in [0.15, 0.2) is 11.6 Å². The number of nitrogens with two attached hydrogens (primary N) is 1. The van der Waals surface area contributed by atoms with Crippen LogP contribution in [0.3, 0.4) is 0 Å². The number of hydrogen-bond donors (Lipinski definition) is 2. The highest BCUT2D eigenvalue weighted by molar-refractivity contribution is 8.00. The summed E-state index contributed by atoms with van der Waals surface area (Å²) in [6, 6.07) is 7.79. The molecule has 0 saturated carbocycles. The van der Waals surface area contributed by atoms with Crippen LogP contribution in [0.1, 0.15) is 12.8 Å². The van der Waals surface area contributed by atoms with E-state index in [4.69, 9.17) is 5.73 Å². The van der Waals surface area contributed by atoms with Gasteiger partial charge in [0.2, 0.25) is 0 Å². The van der Waals surface area contributed by atoms with Crippen molar-refractivity contribution in [2.24, 2.45) is 0 Å². The molecule has 1 atom stereocenters. The molecule has 3 N–H and O–H groups in total. The molecule has 1 aromatic heterocycles. The fourth-order valence-electron chi connectivity index (χ4n) is 2.16. The van der Waals surface area contributed by atoms with Crippen LogP contribution in [0.15, 0.2) is 24.3 Å². The van der Waals surface area contributed by atoms with Crippen LogP contribution in [0.5, 0.6) is 0 Å². The van der Waals surface area contributed by atoms with Crippen molar-refractivity contribution in [2.75, 3.05) is 23.3 Å². The molecule has 4 nitrogen and oxygen atoms in total. The van der Waals surface area contributed by atoms with Gasteiger partial charge < -0.3 is 11.1 Å². The Morgan fingerprint density at radius 2 is 2.06 bits per heavy atom. The smallest absolute Gasteiger partial charge is 0.169 e. The number of para-hydroxylation sites is 2. The van der Waals surface area contributed by atoms with Gasteiger partial charge in [-0.15, -0.1) is 0 Å². The van der Waals surface area contributed by atoms with E-state index in [1.54, 1.807) is 0 Å². The second kappa shape index (κ2) is 5.02. The SMILES string of the molecule is Nc1nc2ccccc2nc1NCC1CCCS1. The Balaban J connectivity index is 1.80. The van der Waals surface area contributed by atoms with Crippen LogP contribution in [0, 0.1) is 0 Å². The molecular formula is C13H16N4S. The lowest BCUT2D eigenvalue weighted by molar-refractivity contribution is 0.804. The van der Waals surface area contributed by atoms with Crippen LogP contribution in [-0.2, 0) is 0 Å². The lowest BCUT2D eigenvalue weighted by Gasteiger charge is -2.12. The lowest BCUT2D eigenvalue weighted by atomic mass is 10.2. The molecule has 18 heavy (non-hydrogen) atoms. The van der Waals surface area contributed by atoms with Gasteiger partial charge in [0.05, 0.1) is 11.0 Å². The summed E-state index contributed by atoms with van der Waals surface area (Å²) in [5.41, 5.74) is 7.65. The average Bonchev–Trinajstić information content (AvgIpc) is 2.89. The number of nitrogens with one attached hydrogen (secondary N) is 1. The van der Waals surface area contributed by atoms with Crippen molar-refractivity contribution >= 4 is 34.4 Å². The van der Waals surface area contributed by atoms with Crippen molar-refractivity contribution in [3.8, 4) is 0 Å². The molecule has 1 unspecified atom stereocenters. The van der Waals surface area contributed by atoms with Gasteiger partial charge in [-0.3, -0.25) is 0 Å². The third-order valence-corrected chi connectivity index (χ3v) is 4.52. The van der Waals surface area contributed by atoms with Crippen molar-refractivity contribution in [1.82, 2.24) is 9.97 Å². The van der Waals surface area contributed by atoms with Crippen molar-refractivity contribution in [3.63, 3.8) is 0 Å². The van der Waals surface area contributed by atoms with E-state index in [1.165, 1.54) is 18.6 Å². The van der Waals surface area contributed by atoms with E-state index in [9.17, 15) is 0 Å². The first-order chi connectivity index (χ1) is 8.83. The van der Waals surface area contributed by atoms with Crippen molar-refractivity contribution in [1.29, 1.82) is 0 Å². The van der Waals surface area contributed by atoms with E-state index in [1.807, 2.05) is 36.0 Å². The van der Waals surface area contributed by atoms with Crippen molar-refractivity contribution in [3.05, 3.63) is 24.3 Å². The molecule has 0 radical (unpaired) electrons. The molecule has 94 valence electrons. The van der Waals surface area contributed by atoms with E-state index in [-0.39, 0.29) is 0 Å². The van der Waals surface area contributed by atoms with E-state index in [0.29, 0.717) is 16.9 Å². The molecule has 3 rings (SSSR count). The second-order valence-corrected chi connectivity index (χ2v) is 5.87. The summed E-state index contributed by atoms with van der Waals surface area (Å²) >= 11 is 2.02. The Morgan fingerprint density at radius 3 is 2.78 bits per heavy atom. The number of benzene rings is 1. The zero-order chi connectivity index (χ0) is 12.4. The predicted molar refractivity (Wildman–Crippen MR) is 77.9 cm³/mol. The maximum Gasteiger partial charge on any atom is 0.169 e. The molecule has 1 aliphatic rings. The number of thioether (sulfide) groups is 1. The van der Waals surface area contributed by atoms with E-state index < -0.39 is 0 Å². The summed E-state index contributed by atoms with van der Waals surface area (Å²) < 4.78 is 0. The third kappa shape index (κ3) is 2.36. The minimum atomic E-state index is 0.483. The minimum absolute atomic E-state index is 0.483. The fraction of sp³-hybridized carbons (Fsp3) is 0.385. The van der Waals surface area contributed by atoms with Gasteiger partial charge >= 0.3 is 0 Å². The summed E-state index contributed by atoms with van der Waals surface area (Å²) in [7, 11) is 0. The summed E-state index contributed by atoms with van der Waals surface area (Å²) in [6.07, 6.45) is 2.59. The molecule has 0 aliphatic carbocycles. The van der Waals surface area contributed by atoms with Crippen LogP contribution >= 0.6 is 11.8 Å². The molecule has 1 aliphatic heterocycles. The molecule has 1 aromatic carbocycles. The Labute approximate surface area is 110 Å². The number of fused-ring (bicyclic) bond motifs is 1. The number of anilines is 2. The number of nitrogens with zero attached hydrogens (tertiary/aromatic N) is 2. The largest absolute Gasteiger partial charge is 0.381 e. The molecule has 2 heterocycles. The maximum absolute atomic E-state index is 5.93. The first-order valence-electron chi connectivity index (χ1n) is 6.20. The van der Waals surface area contributed by atoms with Gasteiger partial charge in [-0.25, -0.2) is 9.97 Å². The zero-order valence-corrected chi connectivity index (χ0v) is 10.9. The molecule has 0 amide bonds. The number of nitrogen functional groups attached to an aromatic ring is 1. The number of hydrogen-bond acceptors (Lipinski definition) is 5. The van der Waals surface area contributed by atoms with Crippen LogP contribution < -0.4 is 11.1 Å². The van der Waals surface area contributed by atoms with Gasteiger partial charge in [-0.05, 0) is 30.7 Å². The molecular weight excluding hydrogens is 244 g/mol. The monoisotopic (exact) mass is 260 g/mol. The Kier molecular flexibility index (Phi) is 3.23. The lowest BCUT2D eigenvalue weighted by Crippen LogP contribution is -2.16. The van der Waals surface area contributed by atoms with Crippen molar-refractivity contribution < 1.29 is 0 Å². The third-order valence-electron chi connectivity index (χ3n) is 3.12. The first-order valence-corrected chi connectivity index (χ1v) is 7.25. The van der Waals surface area contributed by atoms with Crippen LogP contribution in [-0.4, -0.2) is 27.5 Å². The van der Waals surface area contributed by atoms with E-state index >= 15 is 0 Å². The second-order valence-electron chi connectivity index (χ2n) is 4.46. The average molecular weight is 260 g/mol. The van der Waals surface area contributed by atoms with Crippen LogP contribution in [0.4, 0.5) is 11.6 Å². The van der Waals surface area contributed by atoms with Crippen LogP contribution in [0.25, 0.3) is 11.0 Å². The van der Waals surface area contributed by atoms with Crippen LogP contribution in [0.2, 0.25) is 0 Å². The van der Waals surface area contributed by atoms with Gasteiger partial charge in [0.25, 0.3) is 0 Å². The maximum atomic E-state index is 5.93. The summed E-state index contributed by atoms with van der Waals surface area (Å²) in [5.74, 6) is 2.46. The normalized spacial score (nSPS) is 19.2.